The highest BCUT2D eigenvalue weighted by molar-refractivity contribution is 5.97. The zero-order valence-electron chi connectivity index (χ0n) is 17.7. The summed E-state index contributed by atoms with van der Waals surface area (Å²) in [6, 6.07) is 6.08. The Balaban J connectivity index is 1.52. The Labute approximate surface area is 182 Å². The van der Waals surface area contributed by atoms with Crippen molar-refractivity contribution >= 4 is 29.5 Å². The highest BCUT2D eigenvalue weighted by Crippen LogP contribution is 2.23. The number of benzene rings is 1. The smallest absolute Gasteiger partial charge is 0.311 e. The topological polar surface area (TPSA) is 149 Å². The number of ether oxygens (including phenoxy) is 3. The van der Waals surface area contributed by atoms with Crippen LogP contribution in [-0.2, 0) is 19.1 Å². The lowest BCUT2D eigenvalue weighted by Crippen LogP contribution is -2.43. The van der Waals surface area contributed by atoms with Crippen molar-refractivity contribution in [2.75, 3.05) is 32.7 Å². The lowest BCUT2D eigenvalue weighted by atomic mass is 10.1. The lowest BCUT2D eigenvalue weighted by Gasteiger charge is -2.18. The van der Waals surface area contributed by atoms with Gasteiger partial charge in [-0.1, -0.05) is 5.16 Å². The number of nitrogens with one attached hydrogen (secondary N) is 2. The van der Waals surface area contributed by atoms with Gasteiger partial charge in [0.1, 0.15) is 17.3 Å². The van der Waals surface area contributed by atoms with E-state index in [2.05, 4.69) is 15.9 Å². The predicted octanol–water partition coefficient (Wildman–Crippen LogP) is 0.675. The SMILES string of the molecule is COc1cc(OC)cc(C(=O)NN2CC(C(=O)OCC(=O)Nc3cc(C)on3)CC2=O)c1. The number of hydrazine groups is 1. The van der Waals surface area contributed by atoms with Crippen LogP contribution in [0, 0.1) is 12.8 Å². The van der Waals surface area contributed by atoms with E-state index in [0.29, 0.717) is 17.3 Å². The summed E-state index contributed by atoms with van der Waals surface area (Å²) in [5, 5.41) is 7.05. The summed E-state index contributed by atoms with van der Waals surface area (Å²) in [6.45, 7) is 1.02. The molecule has 0 aliphatic carbocycles. The van der Waals surface area contributed by atoms with Gasteiger partial charge in [-0.15, -0.1) is 0 Å². The van der Waals surface area contributed by atoms with Crippen LogP contribution in [0.3, 0.4) is 0 Å². The van der Waals surface area contributed by atoms with Gasteiger partial charge in [0.2, 0.25) is 5.91 Å². The zero-order chi connectivity index (χ0) is 23.3. The molecule has 0 radical (unpaired) electrons. The van der Waals surface area contributed by atoms with Crippen LogP contribution < -0.4 is 20.2 Å². The third kappa shape index (κ3) is 5.53. The fourth-order valence-electron chi connectivity index (χ4n) is 2.96. The van der Waals surface area contributed by atoms with Crippen LogP contribution in [0.25, 0.3) is 0 Å². The number of nitrogens with zero attached hydrogens (tertiary/aromatic N) is 2. The van der Waals surface area contributed by atoms with Crippen LogP contribution in [0.15, 0.2) is 28.8 Å². The van der Waals surface area contributed by atoms with E-state index in [0.717, 1.165) is 5.01 Å². The molecule has 0 spiro atoms. The fourth-order valence-corrected chi connectivity index (χ4v) is 2.96. The Morgan fingerprint density at radius 3 is 2.44 bits per heavy atom. The third-order valence-corrected chi connectivity index (χ3v) is 4.55. The van der Waals surface area contributed by atoms with Crippen LogP contribution in [0.5, 0.6) is 11.5 Å². The van der Waals surface area contributed by atoms with Crippen LogP contribution in [0.1, 0.15) is 22.5 Å². The van der Waals surface area contributed by atoms with E-state index in [1.807, 2.05) is 0 Å². The molecule has 0 saturated carbocycles. The minimum Gasteiger partial charge on any atom is -0.497 e. The van der Waals surface area contributed by atoms with Crippen molar-refractivity contribution in [3.63, 3.8) is 0 Å². The summed E-state index contributed by atoms with van der Waals surface area (Å²) < 4.78 is 20.1. The van der Waals surface area contributed by atoms with Crippen LogP contribution in [0.4, 0.5) is 5.82 Å². The number of hydrogen-bond donors (Lipinski definition) is 2. The molecule has 12 heteroatoms. The second kappa shape index (κ2) is 9.81. The van der Waals surface area contributed by atoms with E-state index in [4.69, 9.17) is 18.7 Å². The number of rotatable bonds is 8. The largest absolute Gasteiger partial charge is 0.497 e. The minimum absolute atomic E-state index is 0.0887. The standard InChI is InChI=1S/C20H22N4O8/c1-11-4-16(23-32-11)21-17(25)10-31-20(28)13-7-18(26)24(9-13)22-19(27)12-5-14(29-2)8-15(6-12)30-3/h4-6,8,13H,7,9-10H2,1-3H3,(H,22,27)(H,21,23,25). The molecule has 12 nitrogen and oxygen atoms in total. The molecular weight excluding hydrogens is 424 g/mol. The molecule has 2 aromatic rings. The molecule has 2 heterocycles. The van der Waals surface area contributed by atoms with Crippen molar-refractivity contribution in [1.82, 2.24) is 15.6 Å². The predicted molar refractivity (Wildman–Crippen MR) is 108 cm³/mol. The van der Waals surface area contributed by atoms with Gasteiger partial charge in [0.25, 0.3) is 11.8 Å². The van der Waals surface area contributed by atoms with Gasteiger partial charge in [0.05, 0.1) is 26.7 Å². The maximum absolute atomic E-state index is 12.6. The van der Waals surface area contributed by atoms with Crippen molar-refractivity contribution in [3.05, 3.63) is 35.6 Å². The first-order chi connectivity index (χ1) is 15.3. The Morgan fingerprint density at radius 2 is 1.84 bits per heavy atom. The van der Waals surface area contributed by atoms with Crippen molar-refractivity contribution in [2.45, 2.75) is 13.3 Å². The van der Waals surface area contributed by atoms with Gasteiger partial charge in [0.15, 0.2) is 12.4 Å². The third-order valence-electron chi connectivity index (χ3n) is 4.55. The maximum Gasteiger partial charge on any atom is 0.311 e. The molecule has 1 aliphatic rings. The highest BCUT2D eigenvalue weighted by Gasteiger charge is 2.36. The summed E-state index contributed by atoms with van der Waals surface area (Å²) in [6.07, 6.45) is -0.162. The first-order valence-corrected chi connectivity index (χ1v) is 9.53. The molecule has 1 unspecified atom stereocenters. The van der Waals surface area contributed by atoms with E-state index in [1.54, 1.807) is 13.0 Å². The number of hydrogen-bond acceptors (Lipinski definition) is 9. The van der Waals surface area contributed by atoms with Crippen molar-refractivity contribution < 1.29 is 37.9 Å². The summed E-state index contributed by atoms with van der Waals surface area (Å²) in [4.78, 5) is 48.9. The monoisotopic (exact) mass is 446 g/mol. The number of anilines is 1. The van der Waals surface area contributed by atoms with Crippen molar-refractivity contribution in [3.8, 4) is 11.5 Å². The second-order valence-corrected chi connectivity index (χ2v) is 6.93. The van der Waals surface area contributed by atoms with Gasteiger partial charge >= 0.3 is 5.97 Å². The summed E-state index contributed by atoms with van der Waals surface area (Å²) in [5.74, 6) is -1.68. The molecule has 1 aromatic carbocycles. The van der Waals surface area contributed by atoms with Crippen LogP contribution in [-0.4, -0.2) is 61.2 Å². The van der Waals surface area contributed by atoms with Crippen molar-refractivity contribution in [1.29, 1.82) is 0 Å². The first-order valence-electron chi connectivity index (χ1n) is 9.53. The molecule has 170 valence electrons. The lowest BCUT2D eigenvalue weighted by molar-refractivity contribution is -0.151. The van der Waals surface area contributed by atoms with E-state index in [1.165, 1.54) is 32.4 Å². The van der Waals surface area contributed by atoms with Gasteiger partial charge in [-0.25, -0.2) is 0 Å². The van der Waals surface area contributed by atoms with E-state index < -0.39 is 36.2 Å². The summed E-state index contributed by atoms with van der Waals surface area (Å²) in [5.41, 5.74) is 2.67. The van der Waals surface area contributed by atoms with E-state index >= 15 is 0 Å². The number of carbonyl (C=O) groups is 4. The zero-order valence-corrected chi connectivity index (χ0v) is 17.7. The average Bonchev–Trinajstić information content (AvgIpc) is 3.36. The Kier molecular flexibility index (Phi) is 6.93. The van der Waals surface area contributed by atoms with E-state index in [-0.39, 0.29) is 24.3 Å². The van der Waals surface area contributed by atoms with Gasteiger partial charge < -0.3 is 24.1 Å². The normalized spacial score (nSPS) is 15.3. The fraction of sp³-hybridized carbons (Fsp3) is 0.350. The Morgan fingerprint density at radius 1 is 1.16 bits per heavy atom. The molecule has 1 atom stereocenters. The molecule has 32 heavy (non-hydrogen) atoms. The molecule has 1 aromatic heterocycles. The van der Waals surface area contributed by atoms with Crippen LogP contribution in [0.2, 0.25) is 0 Å². The average molecular weight is 446 g/mol. The maximum atomic E-state index is 12.6. The minimum atomic E-state index is -0.829. The molecule has 0 bridgehead atoms. The molecule has 2 N–H and O–H groups in total. The number of amides is 3. The number of methoxy groups -OCH3 is 2. The number of aryl methyl sites for hydroxylation is 1. The summed E-state index contributed by atoms with van der Waals surface area (Å²) in [7, 11) is 2.90. The number of carbonyl (C=O) groups excluding carboxylic acids is 4. The van der Waals surface area contributed by atoms with Gasteiger partial charge in [-0.05, 0) is 19.1 Å². The van der Waals surface area contributed by atoms with Crippen molar-refractivity contribution in [2.24, 2.45) is 5.92 Å². The quantitative estimate of drug-likeness (QED) is 0.558. The second-order valence-electron chi connectivity index (χ2n) is 6.93. The highest BCUT2D eigenvalue weighted by atomic mass is 16.5. The van der Waals surface area contributed by atoms with Gasteiger partial charge in [0, 0.05) is 24.1 Å². The molecule has 1 fully saturated rings. The van der Waals surface area contributed by atoms with Crippen LogP contribution >= 0.6 is 0 Å². The number of esters is 1. The van der Waals surface area contributed by atoms with E-state index in [9.17, 15) is 19.2 Å². The summed E-state index contributed by atoms with van der Waals surface area (Å²) >= 11 is 0. The Hall–Kier alpha value is -4.09. The van der Waals surface area contributed by atoms with Gasteiger partial charge in [-0.2, -0.15) is 0 Å². The van der Waals surface area contributed by atoms with Gasteiger partial charge in [-0.3, -0.25) is 29.6 Å². The molecular formula is C20H22N4O8. The number of aromatic nitrogens is 1. The molecule has 3 rings (SSSR count). The first kappa shape index (κ1) is 22.6. The molecule has 3 amide bonds. The Bertz CT molecular complexity index is 1010. The molecule has 1 aliphatic heterocycles. The molecule has 1 saturated heterocycles.